The molecule has 0 bridgehead atoms. The lowest BCUT2D eigenvalue weighted by Gasteiger charge is -2.29. The van der Waals surface area contributed by atoms with Gasteiger partial charge in [-0.2, -0.15) is 0 Å². The van der Waals surface area contributed by atoms with E-state index in [-0.39, 0.29) is 27.6 Å². The van der Waals surface area contributed by atoms with Gasteiger partial charge < -0.3 is 15.4 Å². The van der Waals surface area contributed by atoms with E-state index in [0.29, 0.717) is 10.9 Å². The van der Waals surface area contributed by atoms with Gasteiger partial charge in [0.05, 0.1) is 11.2 Å². The quantitative estimate of drug-likeness (QED) is 0.647. The molecule has 5 heteroatoms. The second-order valence-electron chi connectivity index (χ2n) is 9.96. The topological polar surface area (TPSA) is 85.3 Å². The number of carbonyl (C=O) groups excluding carboxylic acids is 1. The molecule has 3 N–H and O–H groups in total. The van der Waals surface area contributed by atoms with E-state index in [1.807, 2.05) is 23.6 Å². The number of aryl methyl sites for hydroxylation is 1. The fourth-order valence-electron chi connectivity index (χ4n) is 3.90. The zero-order valence-electron chi connectivity index (χ0n) is 18.8. The Hall–Kier alpha value is -3.08. The molecule has 5 nitrogen and oxygen atoms in total. The van der Waals surface area contributed by atoms with Crippen molar-refractivity contribution in [2.24, 2.45) is 5.73 Å². The third-order valence-corrected chi connectivity index (χ3v) is 5.48. The summed E-state index contributed by atoms with van der Waals surface area (Å²) in [5.41, 5.74) is 8.70. The number of hydrogen-bond donors (Lipinski definition) is 2. The van der Waals surface area contributed by atoms with Crippen LogP contribution in [-0.2, 0) is 10.8 Å². The Morgan fingerprint density at radius 2 is 1.60 bits per heavy atom. The van der Waals surface area contributed by atoms with E-state index < -0.39 is 5.91 Å². The molecule has 30 heavy (non-hydrogen) atoms. The van der Waals surface area contributed by atoms with Gasteiger partial charge in [-0.15, -0.1) is 0 Å². The highest BCUT2D eigenvalue weighted by atomic mass is 16.3. The Kier molecular flexibility index (Phi) is 5.05. The molecule has 0 atom stereocenters. The lowest BCUT2D eigenvalue weighted by Crippen LogP contribution is -2.25. The normalized spacial score (nSPS) is 12.4. The maximum absolute atomic E-state index is 12.9. The second kappa shape index (κ2) is 7.01. The minimum atomic E-state index is -0.773. The lowest BCUT2D eigenvalue weighted by molar-refractivity contribution is 0.0999. The Labute approximate surface area is 177 Å². The van der Waals surface area contributed by atoms with Crippen molar-refractivity contribution in [3.8, 4) is 11.4 Å². The molecule has 0 unspecified atom stereocenters. The fraction of sp³-hybridized carbons (Fsp3) is 0.360. The number of aromatic nitrogens is 1. The Morgan fingerprint density at radius 3 is 2.13 bits per heavy atom. The highest BCUT2D eigenvalue weighted by molar-refractivity contribution is 5.97. The van der Waals surface area contributed by atoms with Crippen molar-refractivity contribution in [3.63, 3.8) is 0 Å². The average Bonchev–Trinajstić information content (AvgIpc) is 2.60. The lowest BCUT2D eigenvalue weighted by atomic mass is 9.79. The number of carbonyl (C=O) groups is 1. The van der Waals surface area contributed by atoms with Gasteiger partial charge in [0, 0.05) is 17.6 Å². The van der Waals surface area contributed by atoms with Crippen molar-refractivity contribution in [2.75, 3.05) is 0 Å². The van der Waals surface area contributed by atoms with Gasteiger partial charge in [-0.25, -0.2) is 0 Å². The summed E-state index contributed by atoms with van der Waals surface area (Å²) in [5, 5.41) is 11.3. The Balaban J connectivity index is 2.56. The molecule has 2 aromatic carbocycles. The number of phenolic OH excluding ortho intramolecular Hbond substituents is 1. The standard InChI is InChI=1S/C25H30N2O3/c1-14-9-8-10-15-21(14)27(13-16(22(15)29)23(26)30)19-12-20(28)18(25(5,6)7)11-17(19)24(2,3)4/h8-13,28H,1-7H3,(H2,26,30). The number of benzene rings is 2. The number of para-hydroxylation sites is 1. The number of aromatic hydroxyl groups is 1. The van der Waals surface area contributed by atoms with Crippen molar-refractivity contribution in [1.82, 2.24) is 4.57 Å². The monoisotopic (exact) mass is 406 g/mol. The van der Waals surface area contributed by atoms with E-state index in [0.717, 1.165) is 22.4 Å². The first-order valence-corrected chi connectivity index (χ1v) is 10.1. The second-order valence-corrected chi connectivity index (χ2v) is 9.96. The van der Waals surface area contributed by atoms with Crippen LogP contribution in [0.1, 0.15) is 68.6 Å². The van der Waals surface area contributed by atoms with Crippen LogP contribution in [0.3, 0.4) is 0 Å². The molecule has 158 valence electrons. The van der Waals surface area contributed by atoms with Crippen LogP contribution in [-0.4, -0.2) is 15.6 Å². The number of hydrogen-bond acceptors (Lipinski definition) is 3. The van der Waals surface area contributed by atoms with Crippen LogP contribution in [0.25, 0.3) is 16.6 Å². The summed E-state index contributed by atoms with van der Waals surface area (Å²) in [6.45, 7) is 14.4. The molecular weight excluding hydrogens is 376 g/mol. The zero-order chi connectivity index (χ0) is 22.6. The minimum absolute atomic E-state index is 0.0765. The van der Waals surface area contributed by atoms with E-state index in [4.69, 9.17) is 5.73 Å². The summed E-state index contributed by atoms with van der Waals surface area (Å²) in [6, 6.07) is 9.16. The van der Waals surface area contributed by atoms with Crippen molar-refractivity contribution < 1.29 is 9.90 Å². The summed E-state index contributed by atoms with van der Waals surface area (Å²) >= 11 is 0. The molecule has 0 aliphatic heterocycles. The Morgan fingerprint density at radius 1 is 1.00 bits per heavy atom. The van der Waals surface area contributed by atoms with Crippen LogP contribution in [0.2, 0.25) is 0 Å². The van der Waals surface area contributed by atoms with E-state index >= 15 is 0 Å². The van der Waals surface area contributed by atoms with Crippen molar-refractivity contribution in [2.45, 2.75) is 59.3 Å². The molecule has 0 spiro atoms. The number of fused-ring (bicyclic) bond motifs is 1. The van der Waals surface area contributed by atoms with E-state index in [1.165, 1.54) is 6.20 Å². The number of amides is 1. The van der Waals surface area contributed by atoms with Gasteiger partial charge in [-0.3, -0.25) is 9.59 Å². The number of phenols is 1. The van der Waals surface area contributed by atoms with Crippen molar-refractivity contribution >= 4 is 16.8 Å². The first kappa shape index (κ1) is 21.6. The van der Waals surface area contributed by atoms with Crippen LogP contribution >= 0.6 is 0 Å². The zero-order valence-corrected chi connectivity index (χ0v) is 18.8. The number of nitrogens with zero attached hydrogens (tertiary/aromatic N) is 1. The molecule has 1 amide bonds. The molecule has 3 aromatic rings. The Bertz CT molecular complexity index is 1220. The summed E-state index contributed by atoms with van der Waals surface area (Å²) in [4.78, 5) is 24.9. The number of pyridine rings is 1. The first-order chi connectivity index (χ1) is 13.7. The van der Waals surface area contributed by atoms with E-state index in [1.54, 1.807) is 18.2 Å². The maximum Gasteiger partial charge on any atom is 0.254 e. The number of nitrogens with two attached hydrogens (primary N) is 1. The molecule has 0 fully saturated rings. The summed E-state index contributed by atoms with van der Waals surface area (Å²) in [5.74, 6) is -0.600. The molecule has 0 aliphatic carbocycles. The molecule has 3 rings (SSSR count). The van der Waals surface area contributed by atoms with Crippen LogP contribution < -0.4 is 11.2 Å². The third kappa shape index (κ3) is 3.60. The highest BCUT2D eigenvalue weighted by Crippen LogP contribution is 2.39. The van der Waals surface area contributed by atoms with E-state index in [9.17, 15) is 14.7 Å². The number of rotatable bonds is 2. The molecule has 1 aromatic heterocycles. The summed E-state index contributed by atoms with van der Waals surface area (Å²) in [6.07, 6.45) is 1.50. The molecule has 0 saturated heterocycles. The van der Waals surface area contributed by atoms with Crippen LogP contribution in [0.4, 0.5) is 0 Å². The van der Waals surface area contributed by atoms with Gasteiger partial charge in [0.2, 0.25) is 5.43 Å². The summed E-state index contributed by atoms with van der Waals surface area (Å²) in [7, 11) is 0. The SMILES string of the molecule is Cc1cccc2c(=O)c(C(N)=O)cn(-c3cc(O)c(C(C)(C)C)cc3C(C)(C)C)c12. The van der Waals surface area contributed by atoms with Crippen LogP contribution in [0.5, 0.6) is 5.75 Å². The van der Waals surface area contributed by atoms with Gasteiger partial charge in [0.25, 0.3) is 5.91 Å². The molecule has 0 radical (unpaired) electrons. The highest BCUT2D eigenvalue weighted by Gasteiger charge is 2.27. The van der Waals surface area contributed by atoms with Gasteiger partial charge in [-0.05, 0) is 46.6 Å². The summed E-state index contributed by atoms with van der Waals surface area (Å²) < 4.78 is 1.82. The predicted molar refractivity (Wildman–Crippen MR) is 122 cm³/mol. The van der Waals surface area contributed by atoms with Gasteiger partial charge in [0.1, 0.15) is 11.3 Å². The molecular formula is C25H30N2O3. The van der Waals surface area contributed by atoms with Crippen LogP contribution in [0, 0.1) is 6.92 Å². The van der Waals surface area contributed by atoms with E-state index in [2.05, 4.69) is 41.5 Å². The van der Waals surface area contributed by atoms with Crippen LogP contribution in [0.15, 0.2) is 41.3 Å². The maximum atomic E-state index is 12.9. The molecule has 1 heterocycles. The minimum Gasteiger partial charge on any atom is -0.508 e. The number of primary amides is 1. The first-order valence-electron chi connectivity index (χ1n) is 10.1. The van der Waals surface area contributed by atoms with Gasteiger partial charge in [0.15, 0.2) is 0 Å². The average molecular weight is 407 g/mol. The predicted octanol–water partition coefficient (Wildman–Crippen LogP) is 4.70. The van der Waals surface area contributed by atoms with Gasteiger partial charge >= 0.3 is 0 Å². The molecule has 0 aliphatic rings. The largest absolute Gasteiger partial charge is 0.508 e. The fourth-order valence-corrected chi connectivity index (χ4v) is 3.90. The van der Waals surface area contributed by atoms with Crippen molar-refractivity contribution in [1.29, 1.82) is 0 Å². The van der Waals surface area contributed by atoms with Crippen molar-refractivity contribution in [3.05, 3.63) is 69.0 Å². The molecule has 0 saturated carbocycles. The smallest absolute Gasteiger partial charge is 0.254 e. The van der Waals surface area contributed by atoms with Gasteiger partial charge in [-0.1, -0.05) is 53.7 Å². The third-order valence-electron chi connectivity index (χ3n) is 5.48.